The van der Waals surface area contributed by atoms with Gasteiger partial charge in [-0.1, -0.05) is 40.2 Å². The zero-order valence-corrected chi connectivity index (χ0v) is 17.6. The average molecular weight is 463 g/mol. The van der Waals surface area contributed by atoms with Gasteiger partial charge in [0, 0.05) is 17.4 Å². The summed E-state index contributed by atoms with van der Waals surface area (Å²) in [4.78, 5) is 35.8. The van der Waals surface area contributed by atoms with Crippen LogP contribution in [0.15, 0.2) is 53.0 Å². The van der Waals surface area contributed by atoms with Crippen LogP contribution in [-0.2, 0) is 27.3 Å². The molecule has 0 aliphatic heterocycles. The highest BCUT2D eigenvalue weighted by Crippen LogP contribution is 2.12. The summed E-state index contributed by atoms with van der Waals surface area (Å²) in [5, 5.41) is 14.3. The van der Waals surface area contributed by atoms with Crippen LogP contribution in [0.4, 0.5) is 0 Å². The van der Waals surface area contributed by atoms with Gasteiger partial charge in [0.15, 0.2) is 0 Å². The van der Waals surface area contributed by atoms with Gasteiger partial charge in [0.1, 0.15) is 11.8 Å². The first-order valence-electron chi connectivity index (χ1n) is 9.03. The van der Waals surface area contributed by atoms with E-state index in [2.05, 4.69) is 26.6 Å². The molecular formula is C21H23BrN2O5. The molecule has 0 heterocycles. The summed E-state index contributed by atoms with van der Waals surface area (Å²) in [7, 11) is 1.57. The fourth-order valence-electron chi connectivity index (χ4n) is 2.63. The first kappa shape index (κ1) is 22.4. The van der Waals surface area contributed by atoms with Crippen LogP contribution in [0.5, 0.6) is 5.75 Å². The van der Waals surface area contributed by atoms with Gasteiger partial charge in [-0.15, -0.1) is 0 Å². The van der Waals surface area contributed by atoms with Gasteiger partial charge in [-0.2, -0.15) is 0 Å². The number of methoxy groups -OCH3 is 1. The molecule has 0 spiro atoms. The van der Waals surface area contributed by atoms with Gasteiger partial charge in [0.2, 0.25) is 11.8 Å². The lowest BCUT2D eigenvalue weighted by molar-refractivity contribution is -0.138. The van der Waals surface area contributed by atoms with Crippen LogP contribution in [0.25, 0.3) is 0 Å². The lowest BCUT2D eigenvalue weighted by Crippen LogP contribution is -2.47. The molecule has 2 aromatic rings. The summed E-state index contributed by atoms with van der Waals surface area (Å²) in [5.41, 5.74) is 1.65. The third-order valence-electron chi connectivity index (χ3n) is 4.20. The van der Waals surface area contributed by atoms with Crippen molar-refractivity contribution in [2.45, 2.75) is 31.8 Å². The van der Waals surface area contributed by atoms with Gasteiger partial charge >= 0.3 is 5.97 Å². The third-order valence-corrected chi connectivity index (χ3v) is 4.73. The second-order valence-electron chi connectivity index (χ2n) is 6.42. The van der Waals surface area contributed by atoms with Crippen molar-refractivity contribution in [2.75, 3.05) is 7.11 Å². The topological polar surface area (TPSA) is 105 Å². The molecule has 2 rings (SSSR count). The van der Waals surface area contributed by atoms with E-state index in [1.54, 1.807) is 31.4 Å². The summed E-state index contributed by atoms with van der Waals surface area (Å²) >= 11 is 3.33. The fraction of sp³-hybridized carbons (Fsp3) is 0.286. The monoisotopic (exact) mass is 462 g/mol. The molecule has 0 aliphatic rings. The number of nitrogens with one attached hydrogen (secondary N) is 2. The number of hydrogen-bond acceptors (Lipinski definition) is 4. The van der Waals surface area contributed by atoms with Crippen LogP contribution < -0.4 is 15.4 Å². The first-order chi connectivity index (χ1) is 13.9. The molecule has 0 aromatic heterocycles. The molecule has 154 valence electrons. The summed E-state index contributed by atoms with van der Waals surface area (Å²) in [6.07, 6.45) is -0.113. The van der Waals surface area contributed by atoms with Crippen LogP contribution in [0.3, 0.4) is 0 Å². The average Bonchev–Trinajstić information content (AvgIpc) is 2.71. The normalized spacial score (nSPS) is 11.4. The first-order valence-corrected chi connectivity index (χ1v) is 9.83. The predicted molar refractivity (Wildman–Crippen MR) is 111 cm³/mol. The highest BCUT2D eigenvalue weighted by atomic mass is 79.9. The maximum Gasteiger partial charge on any atom is 0.303 e. The summed E-state index contributed by atoms with van der Waals surface area (Å²) in [6, 6.07) is 13.5. The van der Waals surface area contributed by atoms with Crippen LogP contribution in [0.1, 0.15) is 24.0 Å². The molecule has 3 N–H and O–H groups in total. The van der Waals surface area contributed by atoms with Gasteiger partial charge in [-0.25, -0.2) is 0 Å². The molecule has 1 atom stereocenters. The lowest BCUT2D eigenvalue weighted by atomic mass is 10.1. The Bertz CT molecular complexity index is 837. The molecule has 2 aromatic carbocycles. The second-order valence-corrected chi connectivity index (χ2v) is 7.34. The van der Waals surface area contributed by atoms with E-state index in [0.29, 0.717) is 5.75 Å². The lowest BCUT2D eigenvalue weighted by Gasteiger charge is -2.18. The number of rotatable bonds is 10. The molecule has 0 radical (unpaired) electrons. The van der Waals surface area contributed by atoms with E-state index in [1.807, 2.05) is 24.3 Å². The fourth-order valence-corrected chi connectivity index (χ4v) is 2.89. The zero-order chi connectivity index (χ0) is 21.2. The molecule has 8 heteroatoms. The van der Waals surface area contributed by atoms with Crippen molar-refractivity contribution in [3.63, 3.8) is 0 Å². The third kappa shape index (κ3) is 7.95. The van der Waals surface area contributed by atoms with E-state index >= 15 is 0 Å². The Kier molecular flexibility index (Phi) is 8.67. The van der Waals surface area contributed by atoms with E-state index in [0.717, 1.165) is 15.6 Å². The van der Waals surface area contributed by atoms with E-state index in [-0.39, 0.29) is 31.7 Å². The van der Waals surface area contributed by atoms with Crippen molar-refractivity contribution in [1.29, 1.82) is 0 Å². The SMILES string of the molecule is COc1ccc(CNC(=O)[C@H](CCC(=O)O)NC(=O)Cc2ccc(Br)cc2)cc1. The number of hydrogen-bond donors (Lipinski definition) is 3. The van der Waals surface area contributed by atoms with E-state index in [4.69, 9.17) is 9.84 Å². The summed E-state index contributed by atoms with van der Waals surface area (Å²) < 4.78 is 6.00. The Balaban J connectivity index is 1.95. The molecular weight excluding hydrogens is 440 g/mol. The summed E-state index contributed by atoms with van der Waals surface area (Å²) in [5.74, 6) is -1.09. The minimum atomic E-state index is -1.03. The van der Waals surface area contributed by atoms with Gasteiger partial charge in [-0.3, -0.25) is 14.4 Å². The number of carboxylic acid groups (broad SMARTS) is 1. The Morgan fingerprint density at radius 3 is 2.24 bits per heavy atom. The van der Waals surface area contributed by atoms with E-state index in [1.165, 1.54) is 0 Å². The standard InChI is InChI=1S/C21H23BrN2O5/c1-29-17-8-4-15(5-9-17)13-23-21(28)18(10-11-20(26)27)24-19(25)12-14-2-6-16(22)7-3-14/h2-9,18H,10-13H2,1H3,(H,23,28)(H,24,25)(H,26,27)/t18-/m0/s1. The minimum Gasteiger partial charge on any atom is -0.497 e. The van der Waals surface area contributed by atoms with Gasteiger partial charge in [0.05, 0.1) is 13.5 Å². The molecule has 0 fully saturated rings. The van der Waals surface area contributed by atoms with Crippen molar-refractivity contribution in [1.82, 2.24) is 10.6 Å². The number of ether oxygens (including phenoxy) is 1. The number of carbonyl (C=O) groups is 3. The smallest absolute Gasteiger partial charge is 0.303 e. The quantitative estimate of drug-likeness (QED) is 0.503. The van der Waals surface area contributed by atoms with Crippen molar-refractivity contribution < 1.29 is 24.2 Å². The number of amides is 2. The van der Waals surface area contributed by atoms with Crippen LogP contribution in [0, 0.1) is 0 Å². The molecule has 29 heavy (non-hydrogen) atoms. The molecule has 0 unspecified atom stereocenters. The number of carbonyl (C=O) groups excluding carboxylic acids is 2. The highest BCUT2D eigenvalue weighted by molar-refractivity contribution is 9.10. The van der Waals surface area contributed by atoms with Crippen molar-refractivity contribution in [3.8, 4) is 5.75 Å². The predicted octanol–water partition coefficient (Wildman–Crippen LogP) is 2.67. The molecule has 0 saturated heterocycles. The zero-order valence-electron chi connectivity index (χ0n) is 16.0. The molecule has 0 aliphatic carbocycles. The van der Waals surface area contributed by atoms with Gasteiger partial charge in [-0.05, 0) is 41.8 Å². The number of aliphatic carboxylic acids is 1. The van der Waals surface area contributed by atoms with E-state index < -0.39 is 17.9 Å². The van der Waals surface area contributed by atoms with Crippen molar-refractivity contribution in [3.05, 3.63) is 64.1 Å². The minimum absolute atomic E-state index is 0.00978. The number of carboxylic acids is 1. The molecule has 0 saturated carbocycles. The van der Waals surface area contributed by atoms with Gasteiger partial charge in [0.25, 0.3) is 0 Å². The van der Waals surface area contributed by atoms with Gasteiger partial charge < -0.3 is 20.5 Å². The van der Waals surface area contributed by atoms with Crippen LogP contribution in [-0.4, -0.2) is 36.0 Å². The molecule has 7 nitrogen and oxygen atoms in total. The van der Waals surface area contributed by atoms with Crippen molar-refractivity contribution >= 4 is 33.7 Å². The maximum atomic E-state index is 12.5. The van der Waals surface area contributed by atoms with Crippen LogP contribution in [0.2, 0.25) is 0 Å². The van der Waals surface area contributed by atoms with E-state index in [9.17, 15) is 14.4 Å². The van der Waals surface area contributed by atoms with Crippen LogP contribution >= 0.6 is 15.9 Å². The second kappa shape index (κ2) is 11.2. The largest absolute Gasteiger partial charge is 0.497 e. The molecule has 0 bridgehead atoms. The Hall–Kier alpha value is -2.87. The summed E-state index contributed by atoms with van der Waals surface area (Å²) in [6.45, 7) is 0.259. The number of halogens is 1. The maximum absolute atomic E-state index is 12.5. The highest BCUT2D eigenvalue weighted by Gasteiger charge is 2.21. The molecule has 2 amide bonds. The Labute approximate surface area is 177 Å². The number of benzene rings is 2. The van der Waals surface area contributed by atoms with Crippen molar-refractivity contribution in [2.24, 2.45) is 0 Å². The Morgan fingerprint density at radius 1 is 1.03 bits per heavy atom. The Morgan fingerprint density at radius 2 is 1.66 bits per heavy atom.